The van der Waals surface area contributed by atoms with Gasteiger partial charge in [0, 0.05) is 129 Å². The van der Waals surface area contributed by atoms with Gasteiger partial charge in [-0.15, -0.1) is 0 Å². The number of pyridine rings is 4. The highest BCUT2D eigenvalue weighted by atomic mass is 79.9. The summed E-state index contributed by atoms with van der Waals surface area (Å²) in [5.74, 6) is -8.47. The number of anilines is 1. The number of aromatic nitrogens is 7. The molecule has 590 valence electrons. The van der Waals surface area contributed by atoms with E-state index in [9.17, 15) is 49.8 Å². The molecule has 0 spiro atoms. The van der Waals surface area contributed by atoms with Crippen molar-refractivity contribution in [3.05, 3.63) is 246 Å². The molecular weight excluding hydrogens is 1620 g/mol. The highest BCUT2D eigenvalue weighted by Gasteiger charge is 2.27. The van der Waals surface area contributed by atoms with E-state index in [0.29, 0.717) is 56.9 Å². The summed E-state index contributed by atoms with van der Waals surface area (Å²) < 4.78 is 168. The third kappa shape index (κ3) is 21.8. The number of H-pyrrole nitrogens is 3. The molecule has 3 atom stereocenters. The van der Waals surface area contributed by atoms with Gasteiger partial charge >= 0.3 is 0 Å². The Labute approximate surface area is 650 Å². The summed E-state index contributed by atoms with van der Waals surface area (Å²) >= 11 is 6.65. The van der Waals surface area contributed by atoms with Crippen molar-refractivity contribution in [2.45, 2.75) is 70.1 Å². The fraction of sp³-hybridized carbons (Fsp3) is 0.266. The Balaban J connectivity index is 0.000000153. The normalized spacial score (nSPS) is 14.2. The molecule has 2 saturated heterocycles. The number of aromatic hydroxyl groups is 1. The van der Waals surface area contributed by atoms with Crippen LogP contribution >= 0.6 is 31.9 Å². The zero-order chi connectivity index (χ0) is 79.8. The van der Waals surface area contributed by atoms with E-state index >= 15 is 4.39 Å². The predicted octanol–water partition coefficient (Wildman–Crippen LogP) is 15.7. The summed E-state index contributed by atoms with van der Waals surface area (Å²) in [6, 6.07) is 20.7. The average molecular weight is 1690 g/mol. The van der Waals surface area contributed by atoms with Crippen LogP contribution in [0.4, 0.5) is 45.2 Å². The van der Waals surface area contributed by atoms with Crippen molar-refractivity contribution in [3.8, 4) is 39.9 Å². The van der Waals surface area contributed by atoms with Gasteiger partial charge in [0.1, 0.15) is 84.3 Å². The summed E-state index contributed by atoms with van der Waals surface area (Å²) in [7, 11) is 0. The fourth-order valence-electron chi connectivity index (χ4n) is 11.6. The lowest BCUT2D eigenvalue weighted by molar-refractivity contribution is -0.165. The summed E-state index contributed by atoms with van der Waals surface area (Å²) in [5, 5.41) is 39.3. The predicted molar refractivity (Wildman–Crippen MR) is 401 cm³/mol. The number of aliphatic hydroxyl groups is 3. The molecular formula is C79H73Br2F9N8O14. The number of hydrogen-bond donors (Lipinski definition) is 8. The van der Waals surface area contributed by atoms with Crippen LogP contribution < -0.4 is 24.7 Å². The first-order chi connectivity index (χ1) is 54.2. The molecule has 0 aliphatic carbocycles. The monoisotopic (exact) mass is 1690 g/mol. The standard InChI is InChI=1S/C21H21BrF2N2O4.C21H19FN4O2.C16H13BrF2N2O2.C14H16F2O4.C7H4F2O2/c22-12-9-13-14(11-26-21(13)25-10-12)20(27)18-15(23)4-5-16(19(18)24)28-7-8-30-17-3-1-2-6-29-17;22-18-3-4-19(28-7-6-27)20(23)17(18)9-15-12-26-21-16(15)8-14(11-25-21)13-2-1-5-24-10-13;17-10-6-11-9(7-20-16(11)21-8-10)5-12-13(18)1-2-14(15(12)19)23-4-3-22;15-11-4-5-12(14(16)10(11)9-17)18-7-8-20-13-3-1-2-6-19-13;8-5-1-2-6(11)7(9)4(5)3-10/h4-5,9-11,17,20,27H,1-3,6-8H2,(H,25,26);1-5,8,10-12,27H,6-7,9,23H2,(H,25,26);1-2,6-8,22H,3-5H2,(H,20,21);4-5,9,13H,1-3,6-8H2;1-3,11H. The van der Waals surface area contributed by atoms with Gasteiger partial charge in [-0.05, 0) is 166 Å². The number of hydrogen-bond acceptors (Lipinski definition) is 19. The number of phenols is 1. The van der Waals surface area contributed by atoms with E-state index in [2.05, 4.69) is 66.7 Å². The van der Waals surface area contributed by atoms with Crippen LogP contribution in [0.15, 0.2) is 150 Å². The van der Waals surface area contributed by atoms with E-state index in [4.69, 9.17) is 58.9 Å². The molecule has 0 saturated carbocycles. The maximum atomic E-state index is 15.0. The van der Waals surface area contributed by atoms with Gasteiger partial charge < -0.3 is 79.0 Å². The minimum absolute atomic E-state index is 0.0182. The third-order valence-electron chi connectivity index (χ3n) is 17.2. The molecule has 2 fully saturated rings. The van der Waals surface area contributed by atoms with Crippen molar-refractivity contribution >= 4 is 83.2 Å². The zero-order valence-electron chi connectivity index (χ0n) is 59.3. The van der Waals surface area contributed by atoms with Gasteiger partial charge in [-0.1, -0.05) is 6.07 Å². The number of nitrogens with two attached hydrogens (primary N) is 1. The largest absolute Gasteiger partial charge is 0.505 e. The van der Waals surface area contributed by atoms with E-state index in [-0.39, 0.29) is 119 Å². The van der Waals surface area contributed by atoms with Crippen LogP contribution in [0.5, 0.6) is 28.7 Å². The Morgan fingerprint density at radius 1 is 0.518 bits per heavy atom. The third-order valence-corrected chi connectivity index (χ3v) is 18.1. The van der Waals surface area contributed by atoms with Crippen molar-refractivity contribution in [3.63, 3.8) is 0 Å². The minimum atomic E-state index is -1.54. The second-order valence-electron chi connectivity index (χ2n) is 24.6. The van der Waals surface area contributed by atoms with Gasteiger partial charge in [0.15, 0.2) is 71.4 Å². The number of ether oxygens (including phenoxy) is 8. The molecule has 0 bridgehead atoms. The molecule has 2 aliphatic heterocycles. The Hall–Kier alpha value is -10.5. The number of phenolic OH excluding ortho intramolecular Hbond substituents is 1. The summed E-state index contributed by atoms with van der Waals surface area (Å²) in [6.07, 6.45) is 17.7. The fourth-order valence-corrected chi connectivity index (χ4v) is 12.3. The van der Waals surface area contributed by atoms with Crippen molar-refractivity contribution in [1.29, 1.82) is 0 Å². The Kier molecular flexibility index (Phi) is 30.9. The Morgan fingerprint density at radius 2 is 1.00 bits per heavy atom. The summed E-state index contributed by atoms with van der Waals surface area (Å²) in [6.45, 7) is 1.63. The van der Waals surface area contributed by atoms with Gasteiger partial charge in [-0.25, -0.2) is 54.5 Å². The van der Waals surface area contributed by atoms with E-state index < -0.39 is 80.9 Å². The second-order valence-corrected chi connectivity index (χ2v) is 26.4. The van der Waals surface area contributed by atoms with Gasteiger partial charge in [-0.2, -0.15) is 0 Å². The molecule has 12 aromatic rings. The van der Waals surface area contributed by atoms with Crippen LogP contribution in [0.2, 0.25) is 0 Å². The lowest BCUT2D eigenvalue weighted by Crippen LogP contribution is -2.24. The maximum absolute atomic E-state index is 15.0. The van der Waals surface area contributed by atoms with Crippen molar-refractivity contribution in [2.24, 2.45) is 0 Å². The van der Waals surface area contributed by atoms with E-state index in [1.54, 1.807) is 43.2 Å². The molecule has 5 aromatic carbocycles. The zero-order valence-corrected chi connectivity index (χ0v) is 62.5. The molecule has 0 radical (unpaired) electrons. The molecule has 2 aliphatic rings. The molecule has 33 heteroatoms. The van der Waals surface area contributed by atoms with Crippen LogP contribution in [0.1, 0.15) is 98.7 Å². The average Bonchev–Trinajstić information content (AvgIpc) is 1.58. The second kappa shape index (κ2) is 41.2. The van der Waals surface area contributed by atoms with Crippen LogP contribution in [0.3, 0.4) is 0 Å². The lowest BCUT2D eigenvalue weighted by Gasteiger charge is -2.22. The van der Waals surface area contributed by atoms with Crippen LogP contribution in [-0.2, 0) is 31.8 Å². The number of halogens is 11. The maximum Gasteiger partial charge on any atom is 0.178 e. The molecule has 9 N–H and O–H groups in total. The first-order valence-electron chi connectivity index (χ1n) is 34.7. The minimum Gasteiger partial charge on any atom is -0.505 e. The number of aldehydes is 2. The van der Waals surface area contributed by atoms with E-state index in [1.807, 2.05) is 30.5 Å². The molecule has 7 aromatic heterocycles. The number of rotatable bonds is 25. The number of carbonyl (C=O) groups excluding carboxylic acids is 2. The molecule has 9 heterocycles. The Morgan fingerprint density at radius 3 is 1.56 bits per heavy atom. The van der Waals surface area contributed by atoms with Gasteiger partial charge in [0.2, 0.25) is 0 Å². The lowest BCUT2D eigenvalue weighted by atomic mass is 10.00. The van der Waals surface area contributed by atoms with Crippen molar-refractivity contribution in [2.75, 3.05) is 71.8 Å². The number of benzene rings is 5. The van der Waals surface area contributed by atoms with Crippen LogP contribution in [0.25, 0.3) is 44.2 Å². The van der Waals surface area contributed by atoms with E-state index in [1.165, 1.54) is 30.5 Å². The molecule has 14 rings (SSSR count). The number of aliphatic hydroxyl groups excluding tert-OH is 3. The molecule has 0 amide bonds. The van der Waals surface area contributed by atoms with Gasteiger partial charge in [0.25, 0.3) is 0 Å². The van der Waals surface area contributed by atoms with Gasteiger partial charge in [-0.3, -0.25) is 14.6 Å². The highest BCUT2D eigenvalue weighted by molar-refractivity contribution is 9.10. The topological polar surface area (TPSA) is 314 Å². The number of fused-ring (bicyclic) bond motifs is 3. The van der Waals surface area contributed by atoms with Gasteiger partial charge in [0.05, 0.1) is 48.8 Å². The first kappa shape index (κ1) is 84.0. The quantitative estimate of drug-likeness (QED) is 0.0114. The van der Waals surface area contributed by atoms with Crippen molar-refractivity contribution < 1.29 is 107 Å². The summed E-state index contributed by atoms with van der Waals surface area (Å²) in [4.78, 5) is 46.6. The Bertz CT molecular complexity index is 5150. The number of nitrogens with zero attached hydrogens (tertiary/aromatic N) is 4. The van der Waals surface area contributed by atoms with Crippen LogP contribution in [0, 0.1) is 52.4 Å². The molecule has 22 nitrogen and oxygen atoms in total. The number of nitrogen functional groups attached to an aromatic ring is 1. The van der Waals surface area contributed by atoms with Crippen molar-refractivity contribution in [1.82, 2.24) is 34.9 Å². The highest BCUT2D eigenvalue weighted by Crippen LogP contribution is 2.38. The van der Waals surface area contributed by atoms with Crippen LogP contribution in [-0.4, -0.2) is 147 Å². The molecule has 3 unspecified atom stereocenters. The molecule has 112 heavy (non-hydrogen) atoms. The number of aromatic amines is 3. The SMILES string of the molecule is Nc1c(OCCO)ccc(F)c1Cc1c[nH]c2ncc(-c3cccnc3)cc12.O=Cc1c(F)ccc(O)c1F.O=Cc1c(F)ccc(OCCOC2CCCCO2)c1F.OC(c1c(F)ccc(OCCOC2CCCCO2)c1F)c1c[nH]c2ncc(Br)cc12.OCCOc1ccc(F)c(Cc2c[nH]c3ncc(Br)cc23)c1F. The smallest absolute Gasteiger partial charge is 0.178 e. The first-order valence-corrected chi connectivity index (χ1v) is 36.3. The number of nitrogens with one attached hydrogen (secondary N) is 3. The van der Waals surface area contributed by atoms with E-state index in [0.717, 1.165) is 112 Å². The number of carbonyl (C=O) groups is 2. The summed E-state index contributed by atoms with van der Waals surface area (Å²) in [5.41, 5.74) is 10.4.